The SMILES string of the molecule is CCOc1ccc(C(C)Nc2cc(Br)ccc2Cl)cc1. The first-order valence-electron chi connectivity index (χ1n) is 6.54. The minimum absolute atomic E-state index is 0.164. The van der Waals surface area contributed by atoms with E-state index in [4.69, 9.17) is 16.3 Å². The summed E-state index contributed by atoms with van der Waals surface area (Å²) >= 11 is 9.64. The molecule has 0 aliphatic rings. The molecule has 0 saturated heterocycles. The van der Waals surface area contributed by atoms with Gasteiger partial charge < -0.3 is 10.1 Å². The minimum atomic E-state index is 0.164. The number of benzene rings is 2. The molecule has 1 atom stereocenters. The highest BCUT2D eigenvalue weighted by Crippen LogP contribution is 2.29. The smallest absolute Gasteiger partial charge is 0.119 e. The standard InChI is InChI=1S/C16H17BrClNO/c1-3-20-14-7-4-12(5-8-14)11(2)19-16-10-13(17)6-9-15(16)18/h4-11,19H,3H2,1-2H3. The summed E-state index contributed by atoms with van der Waals surface area (Å²) in [6.45, 7) is 4.76. The normalized spacial score (nSPS) is 12.0. The van der Waals surface area contributed by atoms with E-state index >= 15 is 0 Å². The third-order valence-electron chi connectivity index (χ3n) is 2.99. The molecule has 0 saturated carbocycles. The van der Waals surface area contributed by atoms with Gasteiger partial charge in [-0.1, -0.05) is 39.7 Å². The molecule has 0 bridgehead atoms. The average Bonchev–Trinajstić information content (AvgIpc) is 2.44. The van der Waals surface area contributed by atoms with E-state index in [9.17, 15) is 0 Å². The summed E-state index contributed by atoms with van der Waals surface area (Å²) in [5.74, 6) is 0.893. The summed E-state index contributed by atoms with van der Waals surface area (Å²) in [7, 11) is 0. The van der Waals surface area contributed by atoms with Crippen molar-refractivity contribution in [3.8, 4) is 5.75 Å². The maximum absolute atomic E-state index is 6.19. The molecule has 4 heteroatoms. The zero-order valence-corrected chi connectivity index (χ0v) is 13.8. The lowest BCUT2D eigenvalue weighted by molar-refractivity contribution is 0.340. The fraction of sp³-hybridized carbons (Fsp3) is 0.250. The quantitative estimate of drug-likeness (QED) is 0.746. The zero-order chi connectivity index (χ0) is 14.5. The Labute approximate surface area is 133 Å². The molecule has 0 spiro atoms. The molecular formula is C16H17BrClNO. The molecule has 0 amide bonds. The molecule has 2 aromatic rings. The van der Waals surface area contributed by atoms with E-state index in [0.29, 0.717) is 11.6 Å². The van der Waals surface area contributed by atoms with Crippen LogP contribution in [0, 0.1) is 0 Å². The van der Waals surface area contributed by atoms with E-state index in [1.807, 2.05) is 37.3 Å². The molecule has 0 fully saturated rings. The van der Waals surface area contributed by atoms with E-state index < -0.39 is 0 Å². The molecule has 0 aliphatic heterocycles. The van der Waals surface area contributed by atoms with Crippen molar-refractivity contribution in [3.63, 3.8) is 0 Å². The molecule has 0 radical (unpaired) electrons. The van der Waals surface area contributed by atoms with Crippen molar-refractivity contribution in [1.29, 1.82) is 0 Å². The summed E-state index contributed by atoms with van der Waals surface area (Å²) in [6, 6.07) is 14.0. The first-order chi connectivity index (χ1) is 9.60. The summed E-state index contributed by atoms with van der Waals surface area (Å²) in [6.07, 6.45) is 0. The van der Waals surface area contributed by atoms with Gasteiger partial charge in [-0.05, 0) is 49.7 Å². The highest BCUT2D eigenvalue weighted by Gasteiger charge is 2.08. The van der Waals surface area contributed by atoms with Crippen LogP contribution in [0.5, 0.6) is 5.75 Å². The number of anilines is 1. The second kappa shape index (κ2) is 7.00. The molecule has 0 heterocycles. The van der Waals surface area contributed by atoms with Gasteiger partial charge in [-0.3, -0.25) is 0 Å². The van der Waals surface area contributed by atoms with Gasteiger partial charge in [0, 0.05) is 10.5 Å². The number of halogens is 2. The van der Waals surface area contributed by atoms with Crippen LogP contribution < -0.4 is 10.1 Å². The van der Waals surface area contributed by atoms with Crippen LogP contribution in [-0.4, -0.2) is 6.61 Å². The van der Waals surface area contributed by atoms with E-state index in [1.54, 1.807) is 0 Å². The predicted molar refractivity (Wildman–Crippen MR) is 88.8 cm³/mol. The molecule has 1 unspecified atom stereocenters. The Morgan fingerprint density at radius 3 is 2.55 bits per heavy atom. The van der Waals surface area contributed by atoms with Crippen LogP contribution in [0.25, 0.3) is 0 Å². The molecule has 2 aromatic carbocycles. The Morgan fingerprint density at radius 2 is 1.90 bits per heavy atom. The molecule has 0 aromatic heterocycles. The molecule has 106 valence electrons. The van der Waals surface area contributed by atoms with Crippen LogP contribution in [0.4, 0.5) is 5.69 Å². The number of rotatable bonds is 5. The highest BCUT2D eigenvalue weighted by molar-refractivity contribution is 9.10. The van der Waals surface area contributed by atoms with Crippen molar-refractivity contribution in [2.45, 2.75) is 19.9 Å². The Bertz CT molecular complexity index is 571. The lowest BCUT2D eigenvalue weighted by Crippen LogP contribution is -2.07. The third-order valence-corrected chi connectivity index (χ3v) is 3.81. The van der Waals surface area contributed by atoms with Crippen LogP contribution in [-0.2, 0) is 0 Å². The van der Waals surface area contributed by atoms with Crippen LogP contribution in [0.3, 0.4) is 0 Å². The monoisotopic (exact) mass is 353 g/mol. The largest absolute Gasteiger partial charge is 0.494 e. The van der Waals surface area contributed by atoms with Crippen molar-refractivity contribution in [2.75, 3.05) is 11.9 Å². The summed E-state index contributed by atoms with van der Waals surface area (Å²) in [4.78, 5) is 0. The molecule has 2 rings (SSSR count). The van der Waals surface area contributed by atoms with Gasteiger partial charge in [0.05, 0.1) is 17.3 Å². The lowest BCUT2D eigenvalue weighted by Gasteiger charge is -2.17. The highest BCUT2D eigenvalue weighted by atomic mass is 79.9. The van der Waals surface area contributed by atoms with Crippen LogP contribution in [0.15, 0.2) is 46.9 Å². The average molecular weight is 355 g/mol. The first-order valence-corrected chi connectivity index (χ1v) is 7.71. The first kappa shape index (κ1) is 15.2. The van der Waals surface area contributed by atoms with Gasteiger partial charge in [0.25, 0.3) is 0 Å². The van der Waals surface area contributed by atoms with Crippen LogP contribution >= 0.6 is 27.5 Å². The second-order valence-corrected chi connectivity index (χ2v) is 5.82. The van der Waals surface area contributed by atoms with Crippen LogP contribution in [0.1, 0.15) is 25.5 Å². The van der Waals surface area contributed by atoms with Crippen molar-refractivity contribution in [1.82, 2.24) is 0 Å². The maximum atomic E-state index is 6.19. The number of hydrogen-bond acceptors (Lipinski definition) is 2. The lowest BCUT2D eigenvalue weighted by atomic mass is 10.1. The second-order valence-electron chi connectivity index (χ2n) is 4.49. The van der Waals surface area contributed by atoms with E-state index in [2.05, 4.69) is 40.3 Å². The van der Waals surface area contributed by atoms with Gasteiger partial charge >= 0.3 is 0 Å². The summed E-state index contributed by atoms with van der Waals surface area (Å²) in [5.41, 5.74) is 2.10. The van der Waals surface area contributed by atoms with Gasteiger partial charge in [0.15, 0.2) is 0 Å². The number of hydrogen-bond donors (Lipinski definition) is 1. The molecule has 1 N–H and O–H groups in total. The topological polar surface area (TPSA) is 21.3 Å². The van der Waals surface area contributed by atoms with E-state index in [-0.39, 0.29) is 6.04 Å². The minimum Gasteiger partial charge on any atom is -0.494 e. The Hall–Kier alpha value is -1.19. The van der Waals surface area contributed by atoms with Crippen molar-refractivity contribution >= 4 is 33.2 Å². The van der Waals surface area contributed by atoms with Gasteiger partial charge in [-0.15, -0.1) is 0 Å². The molecular weight excluding hydrogens is 338 g/mol. The Kier molecular flexibility index (Phi) is 5.32. The fourth-order valence-electron chi connectivity index (χ4n) is 1.94. The fourth-order valence-corrected chi connectivity index (χ4v) is 2.48. The molecule has 2 nitrogen and oxygen atoms in total. The molecule has 0 aliphatic carbocycles. The van der Waals surface area contributed by atoms with Crippen LogP contribution in [0.2, 0.25) is 5.02 Å². The number of nitrogens with one attached hydrogen (secondary N) is 1. The molecule has 20 heavy (non-hydrogen) atoms. The van der Waals surface area contributed by atoms with E-state index in [1.165, 1.54) is 5.56 Å². The Morgan fingerprint density at radius 1 is 1.20 bits per heavy atom. The number of ether oxygens (including phenoxy) is 1. The van der Waals surface area contributed by atoms with Gasteiger partial charge in [-0.2, -0.15) is 0 Å². The zero-order valence-electron chi connectivity index (χ0n) is 11.5. The maximum Gasteiger partial charge on any atom is 0.119 e. The van der Waals surface area contributed by atoms with E-state index in [0.717, 1.165) is 15.9 Å². The van der Waals surface area contributed by atoms with Gasteiger partial charge in [0.1, 0.15) is 5.75 Å². The third kappa shape index (κ3) is 3.90. The van der Waals surface area contributed by atoms with Crippen molar-refractivity contribution < 1.29 is 4.74 Å². The predicted octanol–water partition coefficient (Wildman–Crippen LogP) is 5.67. The Balaban J connectivity index is 2.11. The summed E-state index contributed by atoms with van der Waals surface area (Å²) < 4.78 is 6.45. The van der Waals surface area contributed by atoms with Gasteiger partial charge in [-0.25, -0.2) is 0 Å². The van der Waals surface area contributed by atoms with Crippen molar-refractivity contribution in [3.05, 3.63) is 57.5 Å². The van der Waals surface area contributed by atoms with Crippen molar-refractivity contribution in [2.24, 2.45) is 0 Å². The van der Waals surface area contributed by atoms with Gasteiger partial charge in [0.2, 0.25) is 0 Å². The summed E-state index contributed by atoms with van der Waals surface area (Å²) in [5, 5.41) is 4.13.